The van der Waals surface area contributed by atoms with Crippen LogP contribution in [0.15, 0.2) is 0 Å². The number of hydrogen-bond donors (Lipinski definition) is 1. The molecule has 0 aromatic rings. The fraction of sp³-hybridized carbons (Fsp3) is 0.625. The van der Waals surface area contributed by atoms with Gasteiger partial charge in [-0.1, -0.05) is 14.9 Å². The van der Waals surface area contributed by atoms with E-state index in [0.717, 1.165) is 6.92 Å². The second-order valence-corrected chi connectivity index (χ2v) is 1.95. The second kappa shape index (κ2) is 20.9. The van der Waals surface area contributed by atoms with Crippen molar-refractivity contribution >= 4 is 17.7 Å². The maximum atomic E-state index is 9.48. The zero-order valence-corrected chi connectivity index (χ0v) is 12.7. The molecule has 1 unspecified atom stereocenters. The molecule has 0 aromatic heterocycles. The number of hydrogen-bond acceptors (Lipinski definition) is 6. The van der Waals surface area contributed by atoms with Crippen LogP contribution in [0.1, 0.15) is 30.1 Å². The van der Waals surface area contributed by atoms with Crippen molar-refractivity contribution in [3.8, 4) is 0 Å². The van der Waals surface area contributed by atoms with Gasteiger partial charge in [-0.3, -0.25) is 4.79 Å². The van der Waals surface area contributed by atoms with Crippen LogP contribution < -0.4 is 75.1 Å². The fourth-order valence-electron chi connectivity index (χ4n) is 0. The van der Waals surface area contributed by atoms with Crippen LogP contribution in [0.4, 0.5) is 0 Å². The van der Waals surface area contributed by atoms with Crippen molar-refractivity contribution in [1.29, 1.82) is 0 Å². The van der Waals surface area contributed by atoms with Crippen LogP contribution in [0.3, 0.4) is 0 Å². The number of Topliss-reactive ketones (excluding diaryl/α,β-unsaturated/α-hetero) is 1. The van der Waals surface area contributed by atoms with Crippen molar-refractivity contribution in [2.24, 2.45) is 5.73 Å². The number of ketones is 1. The molecule has 0 fully saturated rings. The first-order valence-electron chi connectivity index (χ1n) is 2.97. The molecule has 88 valence electrons. The minimum Gasteiger partial charge on any atom is -0.548 e. The van der Waals surface area contributed by atoms with E-state index in [9.17, 15) is 24.6 Å². The van der Waals surface area contributed by atoms with Crippen LogP contribution in [0.2, 0.25) is 0 Å². The minimum atomic E-state index is -1.63. The Kier molecular flexibility index (Phi) is 47.0. The Labute approximate surface area is 142 Å². The normalized spacial score (nSPS) is 7.94. The summed E-state index contributed by atoms with van der Waals surface area (Å²) in [6.45, 7) is 2.30. The van der Waals surface area contributed by atoms with Crippen LogP contribution in [0.5, 0.6) is 0 Å². The molecule has 6 nitrogen and oxygen atoms in total. The van der Waals surface area contributed by atoms with Gasteiger partial charge in [-0.2, -0.15) is 0 Å². The van der Waals surface area contributed by atoms with Gasteiger partial charge in [0.15, 0.2) is 5.78 Å². The largest absolute Gasteiger partial charge is 1.00 e. The molecule has 0 amide bonds. The summed E-state index contributed by atoms with van der Waals surface area (Å²) >= 11 is 0. The molecule has 0 aliphatic rings. The molecule has 0 aliphatic carbocycles. The Morgan fingerprint density at radius 3 is 1.25 bits per heavy atom. The number of carboxylic acids is 2. The summed E-state index contributed by atoms with van der Waals surface area (Å²) in [4.78, 5) is 28.2. The number of carbonyl (C=O) groups excluding carboxylic acids is 3. The SMILES string of the molecule is C.C.CC(=O)C(=O)[O-].CC(N)C(=O)[O-].[HH].[Na+].[Na+]. The molecule has 0 aromatic carbocycles. The Morgan fingerprint density at radius 1 is 1.12 bits per heavy atom. The van der Waals surface area contributed by atoms with E-state index < -0.39 is 23.8 Å². The topological polar surface area (TPSA) is 123 Å². The molecular formula is C8H19NNa2O5. The summed E-state index contributed by atoms with van der Waals surface area (Å²) in [6.07, 6.45) is 0. The van der Waals surface area contributed by atoms with Crippen LogP contribution in [0, 0.1) is 0 Å². The van der Waals surface area contributed by atoms with Gasteiger partial charge < -0.3 is 25.5 Å². The van der Waals surface area contributed by atoms with Gasteiger partial charge in [-0.25, -0.2) is 0 Å². The van der Waals surface area contributed by atoms with E-state index in [1.54, 1.807) is 0 Å². The summed E-state index contributed by atoms with van der Waals surface area (Å²) in [5, 5.41) is 18.7. The monoisotopic (exact) mass is 255 g/mol. The Balaban J connectivity index is -0.0000000182. The maximum absolute atomic E-state index is 9.48. The standard InChI is InChI=1S/C3H7NO2.C3H4O3.2CH4.2Na.H2/c2*1-2(4)3(5)6;;;;;/h2H,4H2,1H3,(H,5,6);1H3,(H,5,6);2*1H4;;;1H/q;;;;2*+1;/p-2. The Hall–Kier alpha value is 0.570. The quantitative estimate of drug-likeness (QED) is 0.386. The first kappa shape index (κ1) is 36.0. The smallest absolute Gasteiger partial charge is 0.548 e. The van der Waals surface area contributed by atoms with Gasteiger partial charge in [-0.15, -0.1) is 0 Å². The minimum absolute atomic E-state index is 0. The molecule has 0 heterocycles. The third-order valence-corrected chi connectivity index (χ3v) is 0.659. The molecule has 0 bridgehead atoms. The summed E-state index contributed by atoms with van der Waals surface area (Å²) in [6, 6.07) is -0.843. The first-order chi connectivity index (χ1) is 5.29. The van der Waals surface area contributed by atoms with E-state index in [2.05, 4.69) is 0 Å². The fourth-order valence-corrected chi connectivity index (χ4v) is 0. The van der Waals surface area contributed by atoms with E-state index in [-0.39, 0.29) is 75.4 Å². The van der Waals surface area contributed by atoms with E-state index in [0.29, 0.717) is 0 Å². The van der Waals surface area contributed by atoms with E-state index >= 15 is 0 Å². The summed E-state index contributed by atoms with van der Waals surface area (Å²) in [5.74, 6) is -3.78. The average Bonchev–Trinajstić information content (AvgIpc) is 1.88. The van der Waals surface area contributed by atoms with Crippen molar-refractivity contribution in [3.63, 3.8) is 0 Å². The zero-order valence-electron chi connectivity index (χ0n) is 8.70. The molecule has 0 saturated carbocycles. The van der Waals surface area contributed by atoms with Gasteiger partial charge in [0.1, 0.15) is 5.97 Å². The maximum Gasteiger partial charge on any atom is 1.00 e. The van der Waals surface area contributed by atoms with Crippen LogP contribution >= 0.6 is 0 Å². The van der Waals surface area contributed by atoms with Gasteiger partial charge in [0, 0.05) is 14.4 Å². The molecule has 0 spiro atoms. The zero-order chi connectivity index (χ0) is 10.3. The third kappa shape index (κ3) is 36.5. The van der Waals surface area contributed by atoms with Gasteiger partial charge in [0.05, 0.1) is 5.97 Å². The molecule has 16 heavy (non-hydrogen) atoms. The van der Waals surface area contributed by atoms with Gasteiger partial charge in [-0.05, 0) is 6.92 Å². The van der Waals surface area contributed by atoms with Gasteiger partial charge >= 0.3 is 59.1 Å². The average molecular weight is 255 g/mol. The molecule has 1 atom stereocenters. The Bertz CT molecular complexity index is 190. The van der Waals surface area contributed by atoms with E-state index in [1.165, 1.54) is 6.92 Å². The predicted octanol–water partition coefficient (Wildman–Crippen LogP) is -8.07. The number of nitrogens with two attached hydrogens (primary N) is 1. The molecule has 0 aliphatic heterocycles. The summed E-state index contributed by atoms with van der Waals surface area (Å²) in [5.41, 5.74) is 4.77. The van der Waals surface area contributed by atoms with Crippen molar-refractivity contribution in [2.75, 3.05) is 0 Å². The molecule has 8 heteroatoms. The van der Waals surface area contributed by atoms with Crippen molar-refractivity contribution in [2.45, 2.75) is 34.7 Å². The van der Waals surface area contributed by atoms with Gasteiger partial charge in [0.2, 0.25) is 0 Å². The van der Waals surface area contributed by atoms with Crippen molar-refractivity contribution in [1.82, 2.24) is 0 Å². The van der Waals surface area contributed by atoms with E-state index in [4.69, 9.17) is 5.73 Å². The number of aliphatic carboxylic acids is 2. The number of rotatable bonds is 2. The molecule has 0 rings (SSSR count). The molecule has 2 N–H and O–H groups in total. The number of carboxylic acid groups (broad SMARTS) is 2. The van der Waals surface area contributed by atoms with Crippen molar-refractivity contribution < 1.29 is 85.1 Å². The second-order valence-electron chi connectivity index (χ2n) is 1.95. The molecule has 0 saturated heterocycles. The first-order valence-corrected chi connectivity index (χ1v) is 2.97. The van der Waals surface area contributed by atoms with Crippen molar-refractivity contribution in [3.05, 3.63) is 0 Å². The summed E-state index contributed by atoms with van der Waals surface area (Å²) < 4.78 is 0. The van der Waals surface area contributed by atoms with Gasteiger partial charge in [0.25, 0.3) is 0 Å². The van der Waals surface area contributed by atoms with Crippen LogP contribution in [0.25, 0.3) is 0 Å². The Morgan fingerprint density at radius 2 is 1.25 bits per heavy atom. The molecular weight excluding hydrogens is 236 g/mol. The predicted molar refractivity (Wildman–Crippen MR) is 49.9 cm³/mol. The van der Waals surface area contributed by atoms with Crippen LogP contribution in [-0.2, 0) is 14.4 Å². The van der Waals surface area contributed by atoms with E-state index in [1.807, 2.05) is 0 Å². The summed E-state index contributed by atoms with van der Waals surface area (Å²) in [7, 11) is 0. The molecule has 0 radical (unpaired) electrons. The third-order valence-electron chi connectivity index (χ3n) is 0.659. The number of carbonyl (C=O) groups is 3. The van der Waals surface area contributed by atoms with Crippen LogP contribution in [-0.4, -0.2) is 23.8 Å².